The summed E-state index contributed by atoms with van der Waals surface area (Å²) in [6, 6.07) is 6.05. The fourth-order valence-electron chi connectivity index (χ4n) is 3.49. The molecule has 2 saturated heterocycles. The molecule has 0 aliphatic carbocycles. The first kappa shape index (κ1) is 20.8. The first-order valence-electron chi connectivity index (χ1n) is 9.83. The second kappa shape index (κ2) is 8.70. The first-order valence-corrected chi connectivity index (χ1v) is 12.2. The molecule has 11 heteroatoms. The fraction of sp³-hybridized carbons (Fsp3) is 0.421. The third-order valence-electron chi connectivity index (χ3n) is 5.06. The molecule has 2 aliphatic heterocycles. The number of carbonyl (C=O) groups is 2. The van der Waals surface area contributed by atoms with Crippen LogP contribution >= 0.6 is 11.3 Å². The molecule has 0 radical (unpaired) electrons. The lowest BCUT2D eigenvalue weighted by Gasteiger charge is -2.25. The summed E-state index contributed by atoms with van der Waals surface area (Å²) in [5.74, 6) is -0.260. The van der Waals surface area contributed by atoms with Gasteiger partial charge in [-0.1, -0.05) is 6.42 Å². The summed E-state index contributed by atoms with van der Waals surface area (Å²) in [7, 11) is -3.49. The summed E-state index contributed by atoms with van der Waals surface area (Å²) in [5, 5.41) is 7.80. The lowest BCUT2D eigenvalue weighted by atomic mass is 10.2. The molecule has 0 atom stereocenters. The van der Waals surface area contributed by atoms with Crippen molar-refractivity contribution >= 4 is 44.1 Å². The van der Waals surface area contributed by atoms with Crippen LogP contribution in [0, 0.1) is 0 Å². The summed E-state index contributed by atoms with van der Waals surface area (Å²) in [5.41, 5.74) is 1.10. The minimum absolute atomic E-state index is 0.0692. The van der Waals surface area contributed by atoms with E-state index in [1.165, 1.54) is 27.8 Å². The average molecular weight is 450 g/mol. The third kappa shape index (κ3) is 4.47. The molecular weight excluding hydrogens is 426 g/mol. The molecule has 3 heterocycles. The highest BCUT2D eigenvalue weighted by Crippen LogP contribution is 2.24. The molecule has 3 amide bonds. The zero-order valence-electron chi connectivity index (χ0n) is 16.3. The number of amides is 3. The van der Waals surface area contributed by atoms with E-state index >= 15 is 0 Å². The highest BCUT2D eigenvalue weighted by atomic mass is 32.2. The van der Waals surface area contributed by atoms with Crippen LogP contribution in [-0.4, -0.2) is 55.8 Å². The van der Waals surface area contributed by atoms with Crippen molar-refractivity contribution in [3.8, 4) is 0 Å². The van der Waals surface area contributed by atoms with Crippen LogP contribution in [0.2, 0.25) is 0 Å². The zero-order valence-corrected chi connectivity index (χ0v) is 18.0. The van der Waals surface area contributed by atoms with Gasteiger partial charge in [-0.25, -0.2) is 18.2 Å². The Morgan fingerprint density at radius 1 is 1.13 bits per heavy atom. The van der Waals surface area contributed by atoms with Crippen molar-refractivity contribution in [1.82, 2.24) is 14.6 Å². The van der Waals surface area contributed by atoms with Crippen molar-refractivity contribution in [2.24, 2.45) is 0 Å². The van der Waals surface area contributed by atoms with Gasteiger partial charge < -0.3 is 10.6 Å². The summed E-state index contributed by atoms with van der Waals surface area (Å²) in [6.45, 7) is 2.24. The van der Waals surface area contributed by atoms with Gasteiger partial charge in [0, 0.05) is 37.2 Å². The Balaban J connectivity index is 1.36. The molecule has 0 bridgehead atoms. The molecule has 0 saturated carbocycles. The maximum Gasteiger partial charge on any atom is 0.323 e. The third-order valence-corrected chi connectivity index (χ3v) is 7.89. The summed E-state index contributed by atoms with van der Waals surface area (Å²) in [6.07, 6.45) is 2.89. The molecule has 9 nitrogen and oxygen atoms in total. The van der Waals surface area contributed by atoms with Crippen LogP contribution in [0.5, 0.6) is 0 Å². The molecule has 0 spiro atoms. The molecule has 4 rings (SSSR count). The van der Waals surface area contributed by atoms with Crippen molar-refractivity contribution in [2.45, 2.75) is 30.6 Å². The van der Waals surface area contributed by atoms with Crippen molar-refractivity contribution in [3.05, 3.63) is 35.3 Å². The van der Waals surface area contributed by atoms with Gasteiger partial charge in [0.1, 0.15) is 0 Å². The largest absolute Gasteiger partial charge is 0.336 e. The van der Waals surface area contributed by atoms with E-state index in [4.69, 9.17) is 0 Å². The number of nitrogens with one attached hydrogen (secondary N) is 2. The minimum Gasteiger partial charge on any atom is -0.336 e. The SMILES string of the molecule is O=C(Cc1csc(N2CCNC2=O)n1)Nc1ccc(S(=O)(=O)N2CCCCC2)cc1. The number of sulfonamides is 1. The van der Waals surface area contributed by atoms with E-state index in [-0.39, 0.29) is 23.3 Å². The maximum absolute atomic E-state index is 12.7. The van der Waals surface area contributed by atoms with Gasteiger partial charge in [-0.05, 0) is 37.1 Å². The van der Waals surface area contributed by atoms with Crippen molar-refractivity contribution in [3.63, 3.8) is 0 Å². The van der Waals surface area contributed by atoms with Crippen molar-refractivity contribution < 1.29 is 18.0 Å². The smallest absolute Gasteiger partial charge is 0.323 e. The van der Waals surface area contributed by atoms with E-state index in [9.17, 15) is 18.0 Å². The molecular formula is C19H23N5O4S2. The van der Waals surface area contributed by atoms with E-state index in [1.54, 1.807) is 22.4 Å². The number of hydrogen-bond donors (Lipinski definition) is 2. The lowest BCUT2D eigenvalue weighted by Crippen LogP contribution is -2.35. The van der Waals surface area contributed by atoms with Gasteiger partial charge in [-0.3, -0.25) is 9.69 Å². The molecule has 2 aromatic rings. The standard InChI is InChI=1S/C19H23N5O4S2/c25-17(12-15-13-29-19(22-15)24-11-8-20-18(24)26)21-14-4-6-16(7-5-14)30(27,28)23-9-2-1-3-10-23/h4-7,13H,1-3,8-12H2,(H,20,26)(H,21,25). The predicted octanol–water partition coefficient (Wildman–Crippen LogP) is 2.03. The number of nitrogens with zero attached hydrogens (tertiary/aromatic N) is 3. The molecule has 160 valence electrons. The number of rotatable bonds is 6. The Hall–Kier alpha value is -2.50. The van der Waals surface area contributed by atoms with Crippen LogP contribution < -0.4 is 15.5 Å². The van der Waals surface area contributed by atoms with E-state index < -0.39 is 10.0 Å². The number of anilines is 2. The Morgan fingerprint density at radius 2 is 1.87 bits per heavy atom. The normalized spacial score (nSPS) is 17.7. The Bertz CT molecular complexity index is 1030. The van der Waals surface area contributed by atoms with E-state index in [0.717, 1.165) is 19.3 Å². The molecule has 2 fully saturated rings. The second-order valence-corrected chi connectivity index (χ2v) is 9.99. The summed E-state index contributed by atoms with van der Waals surface area (Å²) in [4.78, 5) is 30.2. The van der Waals surface area contributed by atoms with Crippen LogP contribution in [0.1, 0.15) is 25.0 Å². The molecule has 2 aliphatic rings. The van der Waals surface area contributed by atoms with Crippen LogP contribution in [0.15, 0.2) is 34.5 Å². The van der Waals surface area contributed by atoms with Crippen LogP contribution in [-0.2, 0) is 21.2 Å². The number of carbonyl (C=O) groups excluding carboxylic acids is 2. The van der Waals surface area contributed by atoms with Crippen LogP contribution in [0.25, 0.3) is 0 Å². The quantitative estimate of drug-likeness (QED) is 0.701. The number of benzene rings is 1. The van der Waals surface area contributed by atoms with Gasteiger partial charge in [0.25, 0.3) is 0 Å². The summed E-state index contributed by atoms with van der Waals surface area (Å²) < 4.78 is 26.9. The predicted molar refractivity (Wildman–Crippen MR) is 114 cm³/mol. The van der Waals surface area contributed by atoms with E-state index in [2.05, 4.69) is 15.6 Å². The Kier molecular flexibility index (Phi) is 6.02. The number of hydrogen-bond acceptors (Lipinski definition) is 6. The minimum atomic E-state index is -3.49. The van der Waals surface area contributed by atoms with Crippen molar-refractivity contribution in [1.29, 1.82) is 0 Å². The lowest BCUT2D eigenvalue weighted by molar-refractivity contribution is -0.115. The van der Waals surface area contributed by atoms with Gasteiger partial charge in [0.2, 0.25) is 15.9 Å². The molecule has 0 unspecified atom stereocenters. The van der Waals surface area contributed by atoms with Crippen LogP contribution in [0.4, 0.5) is 15.6 Å². The highest BCUT2D eigenvalue weighted by Gasteiger charge is 2.26. The highest BCUT2D eigenvalue weighted by molar-refractivity contribution is 7.89. The van der Waals surface area contributed by atoms with E-state index in [1.807, 2.05) is 0 Å². The van der Waals surface area contributed by atoms with Gasteiger partial charge in [0.05, 0.1) is 17.0 Å². The Labute approximate surface area is 179 Å². The van der Waals surface area contributed by atoms with Gasteiger partial charge in [-0.15, -0.1) is 11.3 Å². The monoisotopic (exact) mass is 449 g/mol. The van der Waals surface area contributed by atoms with Gasteiger partial charge in [-0.2, -0.15) is 4.31 Å². The first-order chi connectivity index (χ1) is 14.4. The summed E-state index contributed by atoms with van der Waals surface area (Å²) >= 11 is 1.32. The molecule has 30 heavy (non-hydrogen) atoms. The molecule has 1 aromatic carbocycles. The van der Waals surface area contributed by atoms with Gasteiger partial charge >= 0.3 is 6.03 Å². The van der Waals surface area contributed by atoms with Crippen LogP contribution in [0.3, 0.4) is 0 Å². The number of aromatic nitrogens is 1. The topological polar surface area (TPSA) is 112 Å². The zero-order chi connectivity index (χ0) is 21.1. The number of urea groups is 1. The number of thiazole rings is 1. The number of piperidine rings is 1. The van der Waals surface area contributed by atoms with Crippen molar-refractivity contribution in [2.75, 3.05) is 36.4 Å². The molecule has 1 aromatic heterocycles. The average Bonchev–Trinajstić information content (AvgIpc) is 3.37. The maximum atomic E-state index is 12.7. The van der Waals surface area contributed by atoms with E-state index in [0.29, 0.717) is 42.7 Å². The fourth-order valence-corrected chi connectivity index (χ4v) is 5.86. The van der Waals surface area contributed by atoms with Gasteiger partial charge in [0.15, 0.2) is 5.13 Å². The second-order valence-electron chi connectivity index (χ2n) is 7.22. The molecule has 2 N–H and O–H groups in total. The Morgan fingerprint density at radius 3 is 2.53 bits per heavy atom.